The fourth-order valence-electron chi connectivity index (χ4n) is 2.09. The fraction of sp³-hybridized carbons (Fsp3) is 0.333. The lowest BCUT2D eigenvalue weighted by molar-refractivity contribution is 0.335. The van der Waals surface area contributed by atoms with Crippen LogP contribution < -0.4 is 10.7 Å². The number of rotatable bonds is 1. The number of hydrogen-bond acceptors (Lipinski definition) is 6. The largest absolute Gasteiger partial charge is 0.344 e. The molecule has 0 saturated carbocycles. The fourth-order valence-corrected chi connectivity index (χ4v) is 3.99. The Kier molecular flexibility index (Phi) is 2.39. The summed E-state index contributed by atoms with van der Waals surface area (Å²) in [6, 6.07) is 4.61. The minimum Gasteiger partial charge on any atom is -0.344 e. The smallest absolute Gasteiger partial charge is 0.294 e. The number of hydrogen-bond donors (Lipinski definition) is 2. The summed E-state index contributed by atoms with van der Waals surface area (Å²) in [5.74, 6) is 5.83. The molecule has 17 heavy (non-hydrogen) atoms. The maximum absolute atomic E-state index is 11.0. The minimum absolute atomic E-state index is 0.0293. The van der Waals surface area contributed by atoms with Crippen LogP contribution in [0.15, 0.2) is 28.0 Å². The molecule has 3 N–H and O–H groups in total. The predicted molar refractivity (Wildman–Crippen MR) is 64.1 cm³/mol. The predicted octanol–water partition coefficient (Wildman–Crippen LogP) is 0.318. The van der Waals surface area contributed by atoms with E-state index in [9.17, 15) is 8.42 Å². The second-order valence-electron chi connectivity index (χ2n) is 3.98. The van der Waals surface area contributed by atoms with Crippen molar-refractivity contribution in [3.63, 3.8) is 0 Å². The Bertz CT molecular complexity index is 575. The van der Waals surface area contributed by atoms with Crippen molar-refractivity contribution in [3.05, 3.63) is 18.2 Å². The molecule has 8 heteroatoms. The first-order valence-corrected chi connectivity index (χ1v) is 7.35. The van der Waals surface area contributed by atoms with E-state index < -0.39 is 10.1 Å². The SMILES string of the molecule is NN1CCN2c3ccc(S(=O)(=O)O)cc3SC12. The average molecular weight is 273 g/mol. The van der Waals surface area contributed by atoms with Crippen LogP contribution in [-0.2, 0) is 10.1 Å². The van der Waals surface area contributed by atoms with Gasteiger partial charge >= 0.3 is 0 Å². The monoisotopic (exact) mass is 273 g/mol. The van der Waals surface area contributed by atoms with E-state index in [1.165, 1.54) is 23.9 Å². The summed E-state index contributed by atoms with van der Waals surface area (Å²) in [5.41, 5.74) is 1.00. The third-order valence-corrected chi connectivity index (χ3v) is 5.09. The molecular weight excluding hydrogens is 262 g/mol. The molecule has 1 unspecified atom stereocenters. The molecule has 6 nitrogen and oxygen atoms in total. The van der Waals surface area contributed by atoms with Gasteiger partial charge in [-0.15, -0.1) is 0 Å². The zero-order valence-electron chi connectivity index (χ0n) is 8.78. The van der Waals surface area contributed by atoms with Crippen LogP contribution in [0.1, 0.15) is 0 Å². The second kappa shape index (κ2) is 3.59. The third-order valence-electron chi connectivity index (χ3n) is 2.92. The summed E-state index contributed by atoms with van der Waals surface area (Å²) in [5, 5.41) is 1.72. The van der Waals surface area contributed by atoms with Crippen LogP contribution in [0.3, 0.4) is 0 Å². The van der Waals surface area contributed by atoms with Gasteiger partial charge in [0.1, 0.15) is 5.50 Å². The van der Waals surface area contributed by atoms with E-state index in [2.05, 4.69) is 4.90 Å². The highest BCUT2D eigenvalue weighted by molar-refractivity contribution is 8.00. The maximum Gasteiger partial charge on any atom is 0.294 e. The maximum atomic E-state index is 11.0. The summed E-state index contributed by atoms with van der Waals surface area (Å²) in [6.07, 6.45) is 0. The zero-order chi connectivity index (χ0) is 12.2. The Morgan fingerprint density at radius 3 is 2.88 bits per heavy atom. The van der Waals surface area contributed by atoms with Crippen LogP contribution in [0.4, 0.5) is 5.69 Å². The molecule has 2 aliphatic heterocycles. The van der Waals surface area contributed by atoms with Gasteiger partial charge in [-0.3, -0.25) is 10.4 Å². The van der Waals surface area contributed by atoms with Crippen molar-refractivity contribution in [2.45, 2.75) is 15.3 Å². The molecule has 1 saturated heterocycles. The molecule has 0 amide bonds. The Hall–Kier alpha value is -0.800. The Labute approximate surface area is 103 Å². The highest BCUT2D eigenvalue weighted by Crippen LogP contribution is 2.46. The minimum atomic E-state index is -4.14. The second-order valence-corrected chi connectivity index (χ2v) is 6.50. The van der Waals surface area contributed by atoms with Gasteiger partial charge in [0.05, 0.1) is 10.6 Å². The van der Waals surface area contributed by atoms with Crippen LogP contribution >= 0.6 is 11.8 Å². The number of nitrogens with two attached hydrogens (primary N) is 1. The standard InChI is InChI=1S/C9H11N3O3S2/c10-12-4-3-11-7-2-1-6(17(13,14)15)5-8(7)16-9(11)12/h1-2,5,9H,3-4,10H2,(H,13,14,15). The Morgan fingerprint density at radius 2 is 2.18 bits per heavy atom. The molecule has 2 heterocycles. The van der Waals surface area contributed by atoms with Crippen molar-refractivity contribution in [1.29, 1.82) is 0 Å². The zero-order valence-corrected chi connectivity index (χ0v) is 10.4. The van der Waals surface area contributed by atoms with Gasteiger partial charge in [-0.05, 0) is 18.2 Å². The van der Waals surface area contributed by atoms with E-state index in [0.29, 0.717) is 0 Å². The van der Waals surface area contributed by atoms with Gasteiger partial charge in [0, 0.05) is 18.0 Å². The number of thioether (sulfide) groups is 1. The summed E-state index contributed by atoms with van der Waals surface area (Å²) in [4.78, 5) is 2.88. The van der Waals surface area contributed by atoms with E-state index in [0.717, 1.165) is 23.7 Å². The van der Waals surface area contributed by atoms with Crippen molar-refractivity contribution < 1.29 is 13.0 Å². The highest BCUT2D eigenvalue weighted by Gasteiger charge is 2.38. The van der Waals surface area contributed by atoms with Gasteiger partial charge in [-0.1, -0.05) is 11.8 Å². The molecule has 0 bridgehead atoms. The summed E-state index contributed by atoms with van der Waals surface area (Å²) in [7, 11) is -4.14. The van der Waals surface area contributed by atoms with Crippen molar-refractivity contribution in [2.75, 3.05) is 18.0 Å². The first-order valence-electron chi connectivity index (χ1n) is 5.03. The molecule has 3 rings (SSSR count). The van der Waals surface area contributed by atoms with Gasteiger partial charge in [0.25, 0.3) is 10.1 Å². The molecule has 1 fully saturated rings. The Morgan fingerprint density at radius 1 is 1.41 bits per heavy atom. The van der Waals surface area contributed by atoms with E-state index in [4.69, 9.17) is 10.4 Å². The molecule has 0 radical (unpaired) electrons. The number of benzene rings is 1. The molecule has 0 spiro atoms. The van der Waals surface area contributed by atoms with Gasteiger partial charge in [-0.25, -0.2) is 5.01 Å². The number of fused-ring (bicyclic) bond motifs is 3. The molecule has 1 aromatic rings. The highest BCUT2D eigenvalue weighted by atomic mass is 32.2. The first kappa shape index (κ1) is 11.3. The van der Waals surface area contributed by atoms with Crippen LogP contribution in [0.25, 0.3) is 0 Å². The van der Waals surface area contributed by atoms with Gasteiger partial charge in [0.2, 0.25) is 0 Å². The van der Waals surface area contributed by atoms with Gasteiger partial charge in [0.15, 0.2) is 0 Å². The lowest BCUT2D eigenvalue weighted by Gasteiger charge is -2.19. The quantitative estimate of drug-likeness (QED) is 0.563. The lowest BCUT2D eigenvalue weighted by Crippen LogP contribution is -2.37. The lowest BCUT2D eigenvalue weighted by atomic mass is 10.3. The van der Waals surface area contributed by atoms with E-state index in [1.807, 2.05) is 0 Å². The normalized spacial score (nSPS) is 23.9. The van der Waals surface area contributed by atoms with E-state index in [1.54, 1.807) is 11.1 Å². The van der Waals surface area contributed by atoms with Crippen molar-refractivity contribution in [1.82, 2.24) is 5.01 Å². The summed E-state index contributed by atoms with van der Waals surface area (Å²) >= 11 is 1.50. The number of nitrogens with zero attached hydrogens (tertiary/aromatic N) is 2. The molecule has 1 aromatic carbocycles. The van der Waals surface area contributed by atoms with Crippen molar-refractivity contribution in [2.24, 2.45) is 5.84 Å². The van der Waals surface area contributed by atoms with E-state index in [-0.39, 0.29) is 10.4 Å². The van der Waals surface area contributed by atoms with Gasteiger partial charge < -0.3 is 4.90 Å². The topological polar surface area (TPSA) is 86.9 Å². The van der Waals surface area contributed by atoms with Crippen LogP contribution in [0.2, 0.25) is 0 Å². The molecule has 2 aliphatic rings. The first-order chi connectivity index (χ1) is 7.97. The molecule has 1 atom stereocenters. The summed E-state index contributed by atoms with van der Waals surface area (Å²) < 4.78 is 31.1. The molecule has 0 aromatic heterocycles. The molecular formula is C9H11N3O3S2. The summed E-state index contributed by atoms with van der Waals surface area (Å²) in [6.45, 7) is 1.61. The molecule has 0 aliphatic carbocycles. The van der Waals surface area contributed by atoms with E-state index >= 15 is 0 Å². The molecule has 92 valence electrons. The average Bonchev–Trinajstić information content (AvgIpc) is 2.77. The van der Waals surface area contributed by atoms with Gasteiger partial charge in [-0.2, -0.15) is 8.42 Å². The van der Waals surface area contributed by atoms with Crippen LogP contribution in [0, 0.1) is 0 Å². The van der Waals surface area contributed by atoms with Crippen molar-refractivity contribution >= 4 is 27.6 Å². The third kappa shape index (κ3) is 1.72. The number of hydrazine groups is 1. The Balaban J connectivity index is 2.04. The van der Waals surface area contributed by atoms with Crippen LogP contribution in [-0.4, -0.2) is 36.6 Å². The van der Waals surface area contributed by atoms with Crippen molar-refractivity contribution in [3.8, 4) is 0 Å². The van der Waals surface area contributed by atoms with Crippen LogP contribution in [0.5, 0.6) is 0 Å². The number of anilines is 1.